The molecule has 0 saturated carbocycles. The smallest absolute Gasteiger partial charge is 0.240 e. The molecule has 7 heteroatoms. The van der Waals surface area contributed by atoms with Crippen LogP contribution in [-0.2, 0) is 17.8 Å². The van der Waals surface area contributed by atoms with E-state index in [-0.39, 0.29) is 18.0 Å². The molecule has 3 aromatic rings. The van der Waals surface area contributed by atoms with Crippen molar-refractivity contribution in [3.8, 4) is 0 Å². The van der Waals surface area contributed by atoms with Gasteiger partial charge in [-0.3, -0.25) is 9.69 Å². The lowest BCUT2D eigenvalue weighted by Crippen LogP contribution is -2.52. The van der Waals surface area contributed by atoms with Gasteiger partial charge in [-0.15, -0.1) is 5.10 Å². The van der Waals surface area contributed by atoms with Crippen molar-refractivity contribution in [3.63, 3.8) is 0 Å². The first-order valence-electron chi connectivity index (χ1n) is 9.92. The van der Waals surface area contributed by atoms with Gasteiger partial charge in [0.25, 0.3) is 0 Å². The topological polar surface area (TPSA) is 67.2 Å². The Bertz CT molecular complexity index is 1010. The fourth-order valence-electron chi connectivity index (χ4n) is 4.50. The predicted molar refractivity (Wildman–Crippen MR) is 106 cm³/mol. The highest BCUT2D eigenvalue weighted by molar-refractivity contribution is 5.82. The molecule has 2 aliphatic rings. The molecule has 0 N–H and O–H groups in total. The summed E-state index contributed by atoms with van der Waals surface area (Å²) >= 11 is 0. The number of rotatable bonds is 2. The lowest BCUT2D eigenvalue weighted by Gasteiger charge is -2.39. The molecule has 1 unspecified atom stereocenters. The van der Waals surface area contributed by atoms with Gasteiger partial charge in [-0.05, 0) is 49.6 Å². The fourth-order valence-corrected chi connectivity index (χ4v) is 4.50. The number of hydrogen-bond donors (Lipinski definition) is 0. The van der Waals surface area contributed by atoms with Gasteiger partial charge in [0.1, 0.15) is 5.52 Å². The highest BCUT2D eigenvalue weighted by Gasteiger charge is 2.34. The van der Waals surface area contributed by atoms with E-state index in [1.807, 2.05) is 21.7 Å². The number of piperidine rings is 1. The predicted octanol–water partition coefficient (Wildman–Crippen LogP) is 2.05. The average molecular weight is 376 g/mol. The number of carbonyl (C=O) groups excluding carboxylic acids is 1. The molecule has 1 fully saturated rings. The van der Waals surface area contributed by atoms with E-state index in [0.717, 1.165) is 50.1 Å². The summed E-state index contributed by atoms with van der Waals surface area (Å²) in [5.41, 5.74) is 4.28. The number of pyridine rings is 1. The van der Waals surface area contributed by atoms with Gasteiger partial charge < -0.3 is 4.90 Å². The summed E-state index contributed by atoms with van der Waals surface area (Å²) in [5.74, 6) is 0.247. The molecule has 2 aliphatic heterocycles. The van der Waals surface area contributed by atoms with Crippen LogP contribution in [0.2, 0.25) is 0 Å². The molecule has 1 amide bonds. The third-order valence-corrected chi connectivity index (χ3v) is 6.12. The van der Waals surface area contributed by atoms with E-state index >= 15 is 0 Å². The molecule has 0 aliphatic carbocycles. The molecule has 5 rings (SSSR count). The lowest BCUT2D eigenvalue weighted by molar-refractivity contribution is -0.138. The minimum absolute atomic E-state index is 0.0692. The number of fused-ring (bicyclic) bond motifs is 2. The van der Waals surface area contributed by atoms with E-state index in [1.54, 1.807) is 6.20 Å². The zero-order chi connectivity index (χ0) is 19.1. The van der Waals surface area contributed by atoms with Gasteiger partial charge in [0.05, 0.1) is 12.1 Å². The van der Waals surface area contributed by atoms with Gasteiger partial charge in [0, 0.05) is 25.8 Å². The van der Waals surface area contributed by atoms with Crippen molar-refractivity contribution in [2.45, 2.75) is 37.9 Å². The first kappa shape index (κ1) is 17.3. The van der Waals surface area contributed by atoms with Crippen LogP contribution in [0, 0.1) is 0 Å². The first-order chi connectivity index (χ1) is 13.7. The summed E-state index contributed by atoms with van der Waals surface area (Å²) in [6.07, 6.45) is 4.34. The molecule has 28 heavy (non-hydrogen) atoms. The van der Waals surface area contributed by atoms with E-state index in [4.69, 9.17) is 0 Å². The van der Waals surface area contributed by atoms with Crippen LogP contribution in [0.25, 0.3) is 11.2 Å². The van der Waals surface area contributed by atoms with Crippen molar-refractivity contribution in [3.05, 3.63) is 53.7 Å². The Morgan fingerprint density at radius 3 is 2.68 bits per heavy atom. The Morgan fingerprint density at radius 1 is 1.07 bits per heavy atom. The molecule has 144 valence electrons. The zero-order valence-corrected chi connectivity index (χ0v) is 16.0. The number of likely N-dealkylation sites (N-methyl/N-ethyl adjacent to an activating group) is 1. The molecule has 2 aromatic heterocycles. The highest BCUT2D eigenvalue weighted by atomic mass is 16.2. The largest absolute Gasteiger partial charge is 0.341 e. The van der Waals surface area contributed by atoms with E-state index in [1.165, 1.54) is 11.1 Å². The van der Waals surface area contributed by atoms with Crippen LogP contribution in [0.3, 0.4) is 0 Å². The number of likely N-dealkylation sites (tertiary alicyclic amines) is 1. The second-order valence-electron chi connectivity index (χ2n) is 7.84. The summed E-state index contributed by atoms with van der Waals surface area (Å²) in [4.78, 5) is 21.9. The Balaban J connectivity index is 1.27. The Kier molecular flexibility index (Phi) is 4.31. The third kappa shape index (κ3) is 2.96. The number of carbonyl (C=O) groups is 1. The van der Waals surface area contributed by atoms with Crippen LogP contribution in [0.15, 0.2) is 42.6 Å². The summed E-state index contributed by atoms with van der Waals surface area (Å²) in [6, 6.07) is 12.4. The van der Waals surface area contributed by atoms with E-state index < -0.39 is 0 Å². The highest BCUT2D eigenvalue weighted by Crippen LogP contribution is 2.27. The standard InChI is InChI=1S/C21H24N6O/c1-25-14-16-6-3-2-5-15(16)13-19(25)21(28)26-11-8-17(9-12-26)27-20-18(23-24-27)7-4-10-22-20/h2-7,10,17,19H,8-9,11-14H2,1H3. The van der Waals surface area contributed by atoms with E-state index in [0.29, 0.717) is 0 Å². The summed E-state index contributed by atoms with van der Waals surface area (Å²) in [7, 11) is 2.05. The van der Waals surface area contributed by atoms with Crippen molar-refractivity contribution >= 4 is 17.1 Å². The maximum atomic E-state index is 13.2. The molecule has 4 heterocycles. The fraction of sp³-hybridized carbons (Fsp3) is 0.429. The van der Waals surface area contributed by atoms with Crippen molar-refractivity contribution in [1.82, 2.24) is 29.8 Å². The van der Waals surface area contributed by atoms with Gasteiger partial charge in [-0.2, -0.15) is 0 Å². The monoisotopic (exact) mass is 376 g/mol. The summed E-state index contributed by atoms with van der Waals surface area (Å²) in [6.45, 7) is 2.34. The molecular weight excluding hydrogens is 352 g/mol. The van der Waals surface area contributed by atoms with Crippen LogP contribution in [0.4, 0.5) is 0 Å². The second-order valence-corrected chi connectivity index (χ2v) is 7.84. The first-order valence-corrected chi connectivity index (χ1v) is 9.92. The van der Waals surface area contributed by atoms with Gasteiger partial charge in [-0.1, -0.05) is 29.5 Å². The van der Waals surface area contributed by atoms with E-state index in [2.05, 4.69) is 51.5 Å². The minimum Gasteiger partial charge on any atom is -0.341 e. The van der Waals surface area contributed by atoms with Crippen LogP contribution >= 0.6 is 0 Å². The Morgan fingerprint density at radius 2 is 1.86 bits per heavy atom. The van der Waals surface area contributed by atoms with Crippen LogP contribution < -0.4 is 0 Å². The molecular formula is C21H24N6O. The third-order valence-electron chi connectivity index (χ3n) is 6.12. The van der Waals surface area contributed by atoms with Crippen molar-refractivity contribution in [1.29, 1.82) is 0 Å². The Labute approximate surface area is 164 Å². The summed E-state index contributed by atoms with van der Waals surface area (Å²) < 4.78 is 1.93. The van der Waals surface area contributed by atoms with Gasteiger partial charge in [0.2, 0.25) is 5.91 Å². The van der Waals surface area contributed by atoms with Crippen molar-refractivity contribution in [2.75, 3.05) is 20.1 Å². The number of amides is 1. The van der Waals surface area contributed by atoms with Crippen LogP contribution in [-0.4, -0.2) is 61.9 Å². The molecule has 0 spiro atoms. The maximum Gasteiger partial charge on any atom is 0.240 e. The van der Waals surface area contributed by atoms with E-state index in [9.17, 15) is 4.79 Å². The molecule has 1 atom stereocenters. The number of benzene rings is 1. The number of aromatic nitrogens is 4. The Hall–Kier alpha value is -2.80. The van der Waals surface area contributed by atoms with Crippen molar-refractivity contribution in [2.24, 2.45) is 0 Å². The van der Waals surface area contributed by atoms with Crippen molar-refractivity contribution < 1.29 is 4.79 Å². The number of nitrogens with zero attached hydrogens (tertiary/aromatic N) is 6. The van der Waals surface area contributed by atoms with Crippen LogP contribution in [0.5, 0.6) is 0 Å². The van der Waals surface area contributed by atoms with Gasteiger partial charge in [0.15, 0.2) is 5.65 Å². The van der Waals surface area contributed by atoms with Gasteiger partial charge >= 0.3 is 0 Å². The normalized spacial score (nSPS) is 21.0. The SMILES string of the molecule is CN1Cc2ccccc2CC1C(=O)N1CCC(n2nnc3cccnc32)CC1. The van der Waals surface area contributed by atoms with Gasteiger partial charge in [-0.25, -0.2) is 9.67 Å². The number of hydrogen-bond acceptors (Lipinski definition) is 5. The summed E-state index contributed by atoms with van der Waals surface area (Å²) in [5, 5.41) is 8.52. The maximum absolute atomic E-state index is 13.2. The zero-order valence-electron chi connectivity index (χ0n) is 16.0. The average Bonchev–Trinajstić information content (AvgIpc) is 3.17. The van der Waals surface area contributed by atoms with Crippen LogP contribution in [0.1, 0.15) is 30.0 Å². The molecule has 0 radical (unpaired) electrons. The molecule has 1 aromatic carbocycles. The lowest BCUT2D eigenvalue weighted by atomic mass is 9.93. The minimum atomic E-state index is -0.0692. The molecule has 1 saturated heterocycles. The second kappa shape index (κ2) is 6.98. The quantitative estimate of drug-likeness (QED) is 0.685. The molecule has 7 nitrogen and oxygen atoms in total. The molecule has 0 bridgehead atoms.